The predicted octanol–water partition coefficient (Wildman–Crippen LogP) is 3.74. The second kappa shape index (κ2) is 6.25. The van der Waals surface area contributed by atoms with Crippen LogP contribution in [-0.2, 0) is 6.61 Å². The highest BCUT2D eigenvalue weighted by molar-refractivity contribution is 6.34. The molecule has 0 fully saturated rings. The van der Waals surface area contributed by atoms with Gasteiger partial charge in [-0.2, -0.15) is 0 Å². The average molecular weight is 277 g/mol. The zero-order valence-corrected chi connectivity index (χ0v) is 11.2. The lowest BCUT2D eigenvalue weighted by atomic mass is 10.2. The second-order valence-electron chi connectivity index (χ2n) is 3.89. The molecule has 0 heterocycles. The van der Waals surface area contributed by atoms with E-state index in [2.05, 4.69) is 0 Å². The first kappa shape index (κ1) is 13.4. The molecule has 2 rings (SSSR count). The molecule has 0 N–H and O–H groups in total. The van der Waals surface area contributed by atoms with Gasteiger partial charge in [0.25, 0.3) is 0 Å². The summed E-state index contributed by atoms with van der Waals surface area (Å²) < 4.78 is 10.9. The van der Waals surface area contributed by atoms with Crippen molar-refractivity contribution in [3.63, 3.8) is 0 Å². The van der Waals surface area contributed by atoms with Crippen LogP contribution in [0.25, 0.3) is 0 Å². The average Bonchev–Trinajstić information content (AvgIpc) is 2.46. The van der Waals surface area contributed by atoms with Gasteiger partial charge in [0.1, 0.15) is 6.61 Å². The zero-order chi connectivity index (χ0) is 13.7. The first-order chi connectivity index (χ1) is 9.26. The fraction of sp³-hybridized carbons (Fsp3) is 0.133. The third-order valence-electron chi connectivity index (χ3n) is 2.66. The summed E-state index contributed by atoms with van der Waals surface area (Å²) >= 11 is 6.06. The molecule has 0 unspecified atom stereocenters. The Labute approximate surface area is 116 Å². The van der Waals surface area contributed by atoms with Crippen LogP contribution in [-0.4, -0.2) is 13.4 Å². The maximum Gasteiger partial charge on any atom is 0.180 e. The lowest BCUT2D eigenvalue weighted by Crippen LogP contribution is -1.99. The highest BCUT2D eigenvalue weighted by atomic mass is 35.5. The first-order valence-electron chi connectivity index (χ1n) is 5.74. The number of carbonyl (C=O) groups excluding carboxylic acids is 1. The molecule has 0 atom stereocenters. The van der Waals surface area contributed by atoms with Crippen molar-refractivity contribution in [1.82, 2.24) is 0 Å². The van der Waals surface area contributed by atoms with Gasteiger partial charge in [-0.1, -0.05) is 41.9 Å². The van der Waals surface area contributed by atoms with Crippen molar-refractivity contribution in [2.24, 2.45) is 0 Å². The van der Waals surface area contributed by atoms with Crippen LogP contribution < -0.4 is 9.47 Å². The number of ether oxygens (including phenoxy) is 2. The van der Waals surface area contributed by atoms with Crippen LogP contribution in [0.2, 0.25) is 5.02 Å². The van der Waals surface area contributed by atoms with Crippen molar-refractivity contribution >= 4 is 17.9 Å². The number of carbonyl (C=O) groups is 1. The van der Waals surface area contributed by atoms with E-state index in [1.807, 2.05) is 30.3 Å². The molecule has 19 heavy (non-hydrogen) atoms. The fourth-order valence-corrected chi connectivity index (χ4v) is 1.96. The molecule has 0 radical (unpaired) electrons. The van der Waals surface area contributed by atoms with Crippen LogP contribution >= 0.6 is 11.6 Å². The van der Waals surface area contributed by atoms with Crippen LogP contribution in [0.1, 0.15) is 15.9 Å². The molecular weight excluding hydrogens is 264 g/mol. The van der Waals surface area contributed by atoms with Crippen molar-refractivity contribution in [2.75, 3.05) is 7.11 Å². The van der Waals surface area contributed by atoms with E-state index in [-0.39, 0.29) is 5.02 Å². The highest BCUT2D eigenvalue weighted by Gasteiger charge is 2.13. The molecule has 0 saturated carbocycles. The molecule has 0 bridgehead atoms. The maximum absolute atomic E-state index is 10.8. The Morgan fingerprint density at radius 2 is 1.89 bits per heavy atom. The molecule has 2 aromatic carbocycles. The maximum atomic E-state index is 10.8. The van der Waals surface area contributed by atoms with E-state index < -0.39 is 0 Å². The molecular formula is C15H13ClO3. The lowest BCUT2D eigenvalue weighted by molar-refractivity contribution is 0.112. The molecule has 0 aliphatic carbocycles. The minimum absolute atomic E-state index is 0.267. The van der Waals surface area contributed by atoms with Crippen molar-refractivity contribution in [2.45, 2.75) is 6.61 Å². The van der Waals surface area contributed by atoms with Gasteiger partial charge in [0.2, 0.25) is 0 Å². The Kier molecular flexibility index (Phi) is 4.42. The van der Waals surface area contributed by atoms with Crippen molar-refractivity contribution in [1.29, 1.82) is 0 Å². The van der Waals surface area contributed by atoms with E-state index >= 15 is 0 Å². The molecule has 0 aromatic heterocycles. The van der Waals surface area contributed by atoms with E-state index in [4.69, 9.17) is 21.1 Å². The van der Waals surface area contributed by atoms with E-state index in [0.29, 0.717) is 30.0 Å². The normalized spacial score (nSPS) is 10.0. The number of hydrogen-bond acceptors (Lipinski definition) is 3. The molecule has 0 aliphatic rings. The van der Waals surface area contributed by atoms with Crippen LogP contribution in [0, 0.1) is 0 Å². The van der Waals surface area contributed by atoms with Crippen molar-refractivity contribution in [3.8, 4) is 11.5 Å². The van der Waals surface area contributed by atoms with Gasteiger partial charge < -0.3 is 9.47 Å². The van der Waals surface area contributed by atoms with Crippen LogP contribution in [0.3, 0.4) is 0 Å². The largest absolute Gasteiger partial charge is 0.491 e. The van der Waals surface area contributed by atoms with Crippen LogP contribution in [0.4, 0.5) is 0 Å². The number of benzene rings is 2. The van der Waals surface area contributed by atoms with Crippen molar-refractivity contribution < 1.29 is 14.3 Å². The Morgan fingerprint density at radius 1 is 1.16 bits per heavy atom. The van der Waals surface area contributed by atoms with Gasteiger partial charge in [-0.15, -0.1) is 0 Å². The number of aldehydes is 1. The third-order valence-corrected chi connectivity index (χ3v) is 3.05. The summed E-state index contributed by atoms with van der Waals surface area (Å²) in [5.74, 6) is 0.893. The summed E-state index contributed by atoms with van der Waals surface area (Å²) in [5, 5.41) is 0.267. The number of methoxy groups -OCH3 is 1. The molecule has 0 saturated heterocycles. The minimum atomic E-state index is 0.267. The third kappa shape index (κ3) is 3.06. The molecule has 4 heteroatoms. The molecule has 0 spiro atoms. The van der Waals surface area contributed by atoms with Gasteiger partial charge >= 0.3 is 0 Å². The Balaban J connectivity index is 2.21. The Morgan fingerprint density at radius 3 is 2.53 bits per heavy atom. The molecule has 0 aliphatic heterocycles. The number of hydrogen-bond donors (Lipinski definition) is 0. The summed E-state index contributed by atoms with van der Waals surface area (Å²) in [4.78, 5) is 10.8. The van der Waals surface area contributed by atoms with Gasteiger partial charge in [-0.25, -0.2) is 0 Å². The molecule has 0 amide bonds. The first-order valence-corrected chi connectivity index (χ1v) is 6.12. The van der Waals surface area contributed by atoms with Gasteiger partial charge in [-0.05, 0) is 17.7 Å². The van der Waals surface area contributed by atoms with Gasteiger partial charge in [0.05, 0.1) is 12.1 Å². The number of halogens is 1. The summed E-state index contributed by atoms with van der Waals surface area (Å²) in [7, 11) is 1.49. The van der Waals surface area contributed by atoms with E-state index in [1.54, 1.807) is 12.1 Å². The molecule has 2 aromatic rings. The monoisotopic (exact) mass is 276 g/mol. The fourth-order valence-electron chi connectivity index (χ4n) is 1.68. The number of rotatable bonds is 5. The predicted molar refractivity (Wildman–Crippen MR) is 74.2 cm³/mol. The smallest absolute Gasteiger partial charge is 0.180 e. The Hall–Kier alpha value is -2.00. The molecule has 3 nitrogen and oxygen atoms in total. The SMILES string of the molecule is COc1c(OCc2ccccc2)ccc(C=O)c1Cl. The zero-order valence-electron chi connectivity index (χ0n) is 10.4. The summed E-state index contributed by atoms with van der Waals surface area (Å²) in [5.41, 5.74) is 1.42. The van der Waals surface area contributed by atoms with Crippen molar-refractivity contribution in [3.05, 3.63) is 58.6 Å². The van der Waals surface area contributed by atoms with E-state index in [9.17, 15) is 4.79 Å². The van der Waals surface area contributed by atoms with Gasteiger partial charge in [-0.3, -0.25) is 4.79 Å². The molecule has 98 valence electrons. The van der Waals surface area contributed by atoms with E-state index in [1.165, 1.54) is 7.11 Å². The van der Waals surface area contributed by atoms with Gasteiger partial charge in [0, 0.05) is 5.56 Å². The minimum Gasteiger partial charge on any atom is -0.491 e. The van der Waals surface area contributed by atoms with Crippen LogP contribution in [0.5, 0.6) is 11.5 Å². The topological polar surface area (TPSA) is 35.5 Å². The second-order valence-corrected chi connectivity index (χ2v) is 4.27. The van der Waals surface area contributed by atoms with Gasteiger partial charge in [0.15, 0.2) is 17.8 Å². The summed E-state index contributed by atoms with van der Waals surface area (Å²) in [6, 6.07) is 13.0. The Bertz CT molecular complexity index is 567. The summed E-state index contributed by atoms with van der Waals surface area (Å²) in [6.45, 7) is 0.411. The highest BCUT2D eigenvalue weighted by Crippen LogP contribution is 2.37. The quantitative estimate of drug-likeness (QED) is 0.781. The lowest BCUT2D eigenvalue weighted by Gasteiger charge is -2.12. The van der Waals surface area contributed by atoms with Crippen LogP contribution in [0.15, 0.2) is 42.5 Å². The summed E-state index contributed by atoms with van der Waals surface area (Å²) in [6.07, 6.45) is 0.686. The van der Waals surface area contributed by atoms with E-state index in [0.717, 1.165) is 5.56 Å². The standard InChI is InChI=1S/C15H13ClO3/c1-18-15-13(8-7-12(9-17)14(15)16)19-10-11-5-3-2-4-6-11/h2-9H,10H2,1H3.